The normalized spacial score (nSPS) is 17.5. The van der Waals surface area contributed by atoms with Gasteiger partial charge in [-0.15, -0.1) is 0 Å². The number of aryl methyl sites for hydroxylation is 1. The molecule has 0 unspecified atom stereocenters. The lowest BCUT2D eigenvalue weighted by Crippen LogP contribution is -2.37. The minimum Gasteiger partial charge on any atom is -0.341 e. The Labute approximate surface area is 168 Å². The van der Waals surface area contributed by atoms with Crippen LogP contribution in [0.25, 0.3) is 11.1 Å². The Balaban J connectivity index is 1.85. The monoisotopic (exact) mass is 378 g/mol. The van der Waals surface area contributed by atoms with Gasteiger partial charge in [-0.2, -0.15) is 0 Å². The largest absolute Gasteiger partial charge is 0.341 e. The van der Waals surface area contributed by atoms with Crippen molar-refractivity contribution in [1.29, 1.82) is 0 Å². The molecule has 0 radical (unpaired) electrons. The molecule has 0 spiro atoms. The molecule has 28 heavy (non-hydrogen) atoms. The molecule has 0 aliphatic carbocycles. The molecule has 3 rings (SSSR count). The molecular weight excluding hydrogens is 348 g/mol. The number of amides is 2. The lowest BCUT2D eigenvalue weighted by molar-refractivity contribution is -0.134. The van der Waals surface area contributed by atoms with Crippen LogP contribution in [0.4, 0.5) is 0 Å². The third-order valence-corrected chi connectivity index (χ3v) is 5.64. The Morgan fingerprint density at radius 3 is 2.57 bits per heavy atom. The van der Waals surface area contributed by atoms with Crippen molar-refractivity contribution in [1.82, 2.24) is 9.80 Å². The number of nitrogens with zero attached hydrogens (tertiary/aromatic N) is 2. The summed E-state index contributed by atoms with van der Waals surface area (Å²) in [5.74, 6) is 0.102. The Kier molecular flexibility index (Phi) is 6.50. The van der Waals surface area contributed by atoms with Crippen molar-refractivity contribution >= 4 is 11.8 Å². The van der Waals surface area contributed by atoms with Crippen molar-refractivity contribution in [3.8, 4) is 11.1 Å². The van der Waals surface area contributed by atoms with Gasteiger partial charge < -0.3 is 9.80 Å². The Morgan fingerprint density at radius 1 is 1.07 bits per heavy atom. The quantitative estimate of drug-likeness (QED) is 0.791. The Hall–Kier alpha value is -2.62. The lowest BCUT2D eigenvalue weighted by atomic mass is 9.93. The number of likely N-dealkylation sites (N-methyl/N-ethyl adjacent to an activating group) is 1. The molecule has 0 N–H and O–H groups in total. The first kappa shape index (κ1) is 20.1. The summed E-state index contributed by atoms with van der Waals surface area (Å²) in [7, 11) is 0. The molecule has 4 heteroatoms. The summed E-state index contributed by atoms with van der Waals surface area (Å²) in [6.45, 7) is 8.46. The van der Waals surface area contributed by atoms with Crippen molar-refractivity contribution in [2.45, 2.75) is 33.6 Å². The fourth-order valence-electron chi connectivity index (χ4n) is 4.01. The summed E-state index contributed by atoms with van der Waals surface area (Å²) in [6.07, 6.45) is 1.14. The Morgan fingerprint density at radius 2 is 1.86 bits per heavy atom. The summed E-state index contributed by atoms with van der Waals surface area (Å²) < 4.78 is 0. The van der Waals surface area contributed by atoms with E-state index in [0.29, 0.717) is 39.0 Å². The van der Waals surface area contributed by atoms with Crippen molar-refractivity contribution < 1.29 is 9.59 Å². The lowest BCUT2D eigenvalue weighted by Gasteiger charge is -2.23. The maximum atomic E-state index is 13.0. The maximum absolute atomic E-state index is 13.0. The van der Waals surface area contributed by atoms with Gasteiger partial charge in [-0.3, -0.25) is 9.59 Å². The topological polar surface area (TPSA) is 40.6 Å². The van der Waals surface area contributed by atoms with Gasteiger partial charge in [0.2, 0.25) is 11.8 Å². The number of rotatable bonds is 5. The third-order valence-electron chi connectivity index (χ3n) is 5.64. The van der Waals surface area contributed by atoms with Crippen LogP contribution in [-0.2, 0) is 16.0 Å². The maximum Gasteiger partial charge on any atom is 0.227 e. The standard InChI is InChI=1S/C24H30N2O2/c1-4-23(27)26-14-13-25(5-2)24(28)21(17-26)16-19-10-8-11-20(15-19)22-12-7-6-9-18(22)3/h6-12,15,21H,4-5,13-14,16-17H2,1-3H3/t21-/m1/s1. The van der Waals surface area contributed by atoms with E-state index >= 15 is 0 Å². The highest BCUT2D eigenvalue weighted by Gasteiger charge is 2.31. The fraction of sp³-hybridized carbons (Fsp3) is 0.417. The molecule has 1 atom stereocenters. The average Bonchev–Trinajstić information content (AvgIpc) is 2.87. The Bertz CT molecular complexity index is 846. The van der Waals surface area contributed by atoms with E-state index in [2.05, 4.69) is 49.4 Å². The van der Waals surface area contributed by atoms with Crippen LogP contribution in [0.5, 0.6) is 0 Å². The van der Waals surface area contributed by atoms with Gasteiger partial charge in [-0.25, -0.2) is 0 Å². The smallest absolute Gasteiger partial charge is 0.227 e. The molecule has 0 saturated carbocycles. The first-order valence-electron chi connectivity index (χ1n) is 10.2. The molecule has 1 aliphatic heterocycles. The molecule has 0 aromatic heterocycles. The molecule has 0 bridgehead atoms. The van der Waals surface area contributed by atoms with Crippen molar-refractivity contribution in [2.24, 2.45) is 5.92 Å². The first-order chi connectivity index (χ1) is 13.5. The van der Waals surface area contributed by atoms with E-state index in [-0.39, 0.29) is 17.7 Å². The van der Waals surface area contributed by atoms with E-state index < -0.39 is 0 Å². The minimum atomic E-state index is -0.190. The number of hydrogen-bond acceptors (Lipinski definition) is 2. The summed E-state index contributed by atoms with van der Waals surface area (Å²) in [4.78, 5) is 29.1. The van der Waals surface area contributed by atoms with Crippen LogP contribution in [0, 0.1) is 12.8 Å². The molecule has 1 saturated heterocycles. The molecule has 2 amide bonds. The van der Waals surface area contributed by atoms with E-state index in [9.17, 15) is 9.59 Å². The predicted octanol–water partition coefficient (Wildman–Crippen LogP) is 3.92. The summed E-state index contributed by atoms with van der Waals surface area (Å²) in [6, 6.07) is 16.8. The van der Waals surface area contributed by atoms with E-state index in [4.69, 9.17) is 0 Å². The zero-order chi connectivity index (χ0) is 20.1. The van der Waals surface area contributed by atoms with E-state index in [1.165, 1.54) is 16.7 Å². The molecule has 2 aromatic carbocycles. The predicted molar refractivity (Wildman–Crippen MR) is 113 cm³/mol. The molecule has 2 aromatic rings. The zero-order valence-corrected chi connectivity index (χ0v) is 17.1. The van der Waals surface area contributed by atoms with Crippen LogP contribution < -0.4 is 0 Å². The first-order valence-corrected chi connectivity index (χ1v) is 10.2. The van der Waals surface area contributed by atoms with Crippen LogP contribution in [0.15, 0.2) is 48.5 Å². The van der Waals surface area contributed by atoms with E-state index in [1.54, 1.807) is 0 Å². The van der Waals surface area contributed by atoms with Crippen LogP contribution >= 0.6 is 0 Å². The molecule has 1 fully saturated rings. The van der Waals surface area contributed by atoms with Gasteiger partial charge >= 0.3 is 0 Å². The SMILES string of the molecule is CCC(=O)N1CCN(CC)C(=O)[C@H](Cc2cccc(-c3ccccc3C)c2)C1. The van der Waals surface area contributed by atoms with Crippen LogP contribution in [0.3, 0.4) is 0 Å². The number of hydrogen-bond donors (Lipinski definition) is 0. The van der Waals surface area contributed by atoms with Gasteiger partial charge in [0.05, 0.1) is 5.92 Å². The second-order valence-electron chi connectivity index (χ2n) is 7.53. The average molecular weight is 379 g/mol. The summed E-state index contributed by atoms with van der Waals surface area (Å²) >= 11 is 0. The summed E-state index contributed by atoms with van der Waals surface area (Å²) in [5.41, 5.74) is 4.77. The van der Waals surface area contributed by atoms with Gasteiger partial charge in [-0.05, 0) is 42.5 Å². The van der Waals surface area contributed by atoms with E-state index in [0.717, 1.165) is 5.56 Å². The molecule has 4 nitrogen and oxygen atoms in total. The van der Waals surface area contributed by atoms with Gasteiger partial charge in [0.1, 0.15) is 0 Å². The second-order valence-corrected chi connectivity index (χ2v) is 7.53. The van der Waals surface area contributed by atoms with Gasteiger partial charge in [-0.1, -0.05) is 55.5 Å². The number of carbonyl (C=O) groups is 2. The van der Waals surface area contributed by atoms with Crippen LogP contribution in [-0.4, -0.2) is 47.8 Å². The van der Waals surface area contributed by atoms with E-state index in [1.807, 2.05) is 29.7 Å². The minimum absolute atomic E-state index is 0.129. The highest BCUT2D eigenvalue weighted by molar-refractivity contribution is 5.82. The highest BCUT2D eigenvalue weighted by atomic mass is 16.2. The molecule has 1 heterocycles. The fourth-order valence-corrected chi connectivity index (χ4v) is 4.01. The van der Waals surface area contributed by atoms with Crippen molar-refractivity contribution in [3.05, 3.63) is 59.7 Å². The zero-order valence-electron chi connectivity index (χ0n) is 17.1. The number of benzene rings is 2. The van der Waals surface area contributed by atoms with Gasteiger partial charge in [0.25, 0.3) is 0 Å². The third kappa shape index (κ3) is 4.44. The van der Waals surface area contributed by atoms with Gasteiger partial charge in [0, 0.05) is 32.6 Å². The number of carbonyl (C=O) groups excluding carboxylic acids is 2. The van der Waals surface area contributed by atoms with Gasteiger partial charge in [0.15, 0.2) is 0 Å². The molecule has 148 valence electrons. The van der Waals surface area contributed by atoms with Crippen LogP contribution in [0.2, 0.25) is 0 Å². The van der Waals surface area contributed by atoms with Crippen molar-refractivity contribution in [3.63, 3.8) is 0 Å². The molecular formula is C24H30N2O2. The van der Waals surface area contributed by atoms with Crippen molar-refractivity contribution in [2.75, 3.05) is 26.2 Å². The highest BCUT2D eigenvalue weighted by Crippen LogP contribution is 2.26. The molecule has 1 aliphatic rings. The summed E-state index contributed by atoms with van der Waals surface area (Å²) in [5, 5.41) is 0. The second kappa shape index (κ2) is 9.05. The van der Waals surface area contributed by atoms with Crippen LogP contribution in [0.1, 0.15) is 31.4 Å².